The van der Waals surface area contributed by atoms with Crippen molar-refractivity contribution in [3.8, 4) is 0 Å². The summed E-state index contributed by atoms with van der Waals surface area (Å²) in [6.45, 7) is -24.3. The number of nitrogens with one attached hydrogen (secondary N) is 1. The number of hydrogen-bond donors (Lipinski definition) is 1. The van der Waals surface area contributed by atoms with Gasteiger partial charge in [0.25, 0.3) is 0 Å². The van der Waals surface area contributed by atoms with Gasteiger partial charge in [0, 0.05) is 46.5 Å². The van der Waals surface area contributed by atoms with Crippen molar-refractivity contribution in [2.45, 2.75) is 51.9 Å². The molecule has 2 aromatic carbocycles. The van der Waals surface area contributed by atoms with Crippen molar-refractivity contribution in [2.24, 2.45) is 0 Å². The third-order valence-electron chi connectivity index (χ3n) is 2.81. The zero-order valence-corrected chi connectivity index (χ0v) is 10.4. The third-order valence-corrected chi connectivity index (χ3v) is 2.81. The van der Waals surface area contributed by atoms with Crippen LogP contribution in [0.2, 0.25) is 1.41 Å². The highest BCUT2D eigenvalue weighted by Crippen LogP contribution is 2.33. The van der Waals surface area contributed by atoms with Crippen molar-refractivity contribution in [2.75, 3.05) is 0 Å². The van der Waals surface area contributed by atoms with Crippen LogP contribution in [0, 0.1) is 0 Å². The highest BCUT2D eigenvalue weighted by Gasteiger charge is 2.17. The Morgan fingerprint density at radius 3 is 1.62 bits per heavy atom. The lowest BCUT2D eigenvalue weighted by Gasteiger charge is -2.19. The van der Waals surface area contributed by atoms with Gasteiger partial charge in [-0.15, -0.1) is 0 Å². The van der Waals surface area contributed by atoms with Gasteiger partial charge in [0.2, 0.25) is 0 Å². The molecule has 0 atom stereocenters. The van der Waals surface area contributed by atoms with Crippen LogP contribution < -0.4 is 0 Å². The average Bonchev–Trinajstić information content (AvgIpc) is 3.09. The van der Waals surface area contributed by atoms with Crippen molar-refractivity contribution in [3.63, 3.8) is 0 Å². The Labute approximate surface area is 162 Å². The Kier molecular flexibility index (Phi) is 0.622. The van der Waals surface area contributed by atoms with E-state index >= 15 is 0 Å². The van der Waals surface area contributed by atoms with Crippen LogP contribution in [0.3, 0.4) is 0 Å². The molecule has 0 bridgehead atoms. The minimum absolute atomic E-state index is 0.110. The summed E-state index contributed by atoms with van der Waals surface area (Å²) in [6, 6.07) is -8.35. The van der Waals surface area contributed by atoms with E-state index in [1.807, 2.05) is 0 Å². The zero-order valence-electron chi connectivity index (χ0n) is 35.4. The van der Waals surface area contributed by atoms with Gasteiger partial charge in [-0.05, 0) is 46.1 Å². The molecule has 0 aliphatic rings. The molecular formula is C20H25N. The van der Waals surface area contributed by atoms with Crippen LogP contribution in [-0.2, 0) is 10.8 Å². The Morgan fingerprint density at radius 1 is 0.810 bits per heavy atom. The molecule has 0 saturated carbocycles. The van der Waals surface area contributed by atoms with E-state index in [1.54, 1.807) is 0 Å². The first-order chi connectivity index (χ1) is 20.1. The molecule has 0 aliphatic heterocycles. The molecule has 0 unspecified atom stereocenters. The number of fused-ring (bicyclic) bond motifs is 3. The second-order valence-electron chi connectivity index (χ2n) is 4.56. The van der Waals surface area contributed by atoms with Crippen LogP contribution in [0.25, 0.3) is 21.8 Å². The molecule has 0 fully saturated rings. The molecule has 0 amide bonds. The Morgan fingerprint density at radius 2 is 1.24 bits per heavy atom. The molecule has 1 heteroatoms. The molecule has 0 spiro atoms. The van der Waals surface area contributed by atoms with Gasteiger partial charge in [-0.2, -0.15) is 0 Å². The van der Waals surface area contributed by atoms with E-state index in [0.29, 0.717) is 0 Å². The number of aromatic nitrogens is 1. The second-order valence-corrected chi connectivity index (χ2v) is 4.56. The Bertz CT molecular complexity index is 1520. The van der Waals surface area contributed by atoms with Crippen LogP contribution in [0.15, 0.2) is 36.3 Å². The normalized spacial score (nSPS) is 34.2. The molecule has 1 aromatic heterocycles. The van der Waals surface area contributed by atoms with Gasteiger partial charge in [0.1, 0.15) is 0 Å². The summed E-state index contributed by atoms with van der Waals surface area (Å²) in [5, 5.41) is -2.09. The van der Waals surface area contributed by atoms with Gasteiger partial charge in [-0.25, -0.2) is 0 Å². The van der Waals surface area contributed by atoms with Crippen LogP contribution in [0.4, 0.5) is 0 Å². The first-order valence-corrected chi connectivity index (χ1v) is 5.70. The standard InChI is InChI=1S/C20H25N/c1-19(2,3)13-7-9-17-15(11-13)16-12-14(20(4,5)6)8-10-18(16)21-17/h7-12,21H,1-6H3/i1D3,2D3,3D3,4D3,5D3,6D3,7D,8D,9D,10D,11D,12D/hD. The van der Waals surface area contributed by atoms with Gasteiger partial charge in [-0.3, -0.25) is 0 Å². The molecule has 0 saturated heterocycles. The fourth-order valence-electron chi connectivity index (χ4n) is 1.82. The minimum atomic E-state index is -4.06. The molecule has 0 radical (unpaired) electrons. The quantitative estimate of drug-likeness (QED) is 0.531. The zero-order chi connectivity index (χ0) is 36.5. The maximum absolute atomic E-state index is 8.91. The summed E-state index contributed by atoms with van der Waals surface area (Å²) in [7, 11) is 0. The van der Waals surface area contributed by atoms with Crippen molar-refractivity contribution >= 4 is 21.8 Å². The topological polar surface area (TPSA) is 15.8 Å². The number of hydrogen-bond acceptors (Lipinski definition) is 0. The van der Waals surface area contributed by atoms with Crippen LogP contribution in [0.1, 0.15) is 85.1 Å². The highest BCUT2D eigenvalue weighted by molar-refractivity contribution is 6.07. The molecule has 3 rings (SSSR count). The summed E-state index contributed by atoms with van der Waals surface area (Å²) >= 11 is 0. The fraction of sp³-hybridized carbons (Fsp3) is 0.400. The smallest absolute Gasteiger partial charge is 0.167 e. The lowest BCUT2D eigenvalue weighted by molar-refractivity contribution is 0.590. The lowest BCUT2D eigenvalue weighted by atomic mass is 9.85. The van der Waals surface area contributed by atoms with Crippen LogP contribution in [-0.4, -0.2) is 4.98 Å². The summed E-state index contributed by atoms with van der Waals surface area (Å²) in [5.41, 5.74) is -13.1. The predicted molar refractivity (Wildman–Crippen MR) is 93.2 cm³/mol. The summed E-state index contributed by atoms with van der Waals surface area (Å²) in [5.74, 6) is 0. The van der Waals surface area contributed by atoms with E-state index in [9.17, 15) is 0 Å². The molecule has 0 aliphatic carbocycles. The SMILES string of the molecule is [2H]c1c(C(C([2H])([2H])[2H])(C([2H])([2H])[2H])C([2H])([2H])[2H])c([2H])c2c3c([2H])c(C(C([2H])([2H])[2H])(C([2H])([2H])[2H])C([2H])([2H])[2H])c([2H])c([2H])c3n([2H])c2c1[2H]. The van der Waals surface area contributed by atoms with Crippen molar-refractivity contribution in [1.82, 2.24) is 4.98 Å². The molecule has 1 nitrogen and oxygen atoms in total. The number of aromatic amines is 1. The minimum Gasteiger partial charge on any atom is -0.355 e. The Hall–Kier alpha value is -1.76. The second kappa shape index (κ2) is 4.37. The van der Waals surface area contributed by atoms with Gasteiger partial charge in [0.15, 0.2) is 1.41 Å². The fourth-order valence-corrected chi connectivity index (χ4v) is 1.82. The molecule has 3 aromatic rings. The summed E-state index contributed by atoms with van der Waals surface area (Å²) < 4.78 is 205. The monoisotopic (exact) mass is 304 g/mol. The van der Waals surface area contributed by atoms with Crippen molar-refractivity contribution in [3.05, 3.63) is 47.4 Å². The van der Waals surface area contributed by atoms with Gasteiger partial charge < -0.3 is 4.98 Å². The van der Waals surface area contributed by atoms with Gasteiger partial charge in [-0.1, -0.05) is 53.2 Å². The van der Waals surface area contributed by atoms with E-state index in [4.69, 9.17) is 34.3 Å². The number of benzene rings is 2. The molecular weight excluding hydrogens is 254 g/mol. The Balaban J connectivity index is 2.96. The third kappa shape index (κ3) is 2.46. The molecule has 110 valence electrons. The summed E-state index contributed by atoms with van der Waals surface area (Å²) in [4.78, 5) is 0.110. The molecule has 1 N–H and O–H groups in total. The number of rotatable bonds is 0. The van der Waals surface area contributed by atoms with E-state index in [2.05, 4.69) is 0 Å². The van der Waals surface area contributed by atoms with Crippen molar-refractivity contribution < 1.29 is 34.3 Å². The van der Waals surface area contributed by atoms with Gasteiger partial charge >= 0.3 is 0 Å². The van der Waals surface area contributed by atoms with E-state index in [1.165, 1.54) is 0 Å². The van der Waals surface area contributed by atoms with Crippen LogP contribution >= 0.6 is 0 Å². The number of H-pyrrole nitrogens is 1. The van der Waals surface area contributed by atoms with E-state index in [-0.39, 0.29) is 4.98 Å². The lowest BCUT2D eigenvalue weighted by Crippen LogP contribution is -2.10. The maximum atomic E-state index is 8.91. The molecule has 1 heterocycles. The predicted octanol–water partition coefficient (Wildman–Crippen LogP) is 5.92. The van der Waals surface area contributed by atoms with Gasteiger partial charge in [0.05, 0.1) is 8.22 Å². The first kappa shape index (κ1) is 2.99. The molecule has 21 heavy (non-hydrogen) atoms. The largest absolute Gasteiger partial charge is 0.355 e. The average molecular weight is 305 g/mol. The first-order valence-electron chi connectivity index (χ1n) is 18.1. The maximum Gasteiger partial charge on any atom is 0.167 e. The van der Waals surface area contributed by atoms with E-state index < -0.39 is 121 Å². The van der Waals surface area contributed by atoms with Crippen molar-refractivity contribution in [1.29, 1.82) is 0 Å². The summed E-state index contributed by atoms with van der Waals surface area (Å²) in [6.07, 6.45) is 0. The highest BCUT2D eigenvalue weighted by atomic mass is 14.7. The van der Waals surface area contributed by atoms with E-state index in [0.717, 1.165) is 0 Å². The van der Waals surface area contributed by atoms with Crippen LogP contribution in [0.5, 0.6) is 0 Å².